The second kappa shape index (κ2) is 8.11. The first kappa shape index (κ1) is 16.7. The lowest BCUT2D eigenvalue weighted by atomic mass is 10.2. The Kier molecular flexibility index (Phi) is 5.90. The highest BCUT2D eigenvalue weighted by atomic mass is 16.6. The minimum atomic E-state index is -0.463. The molecule has 0 aromatic heterocycles. The molecule has 0 heterocycles. The van der Waals surface area contributed by atoms with Gasteiger partial charge in [0.25, 0.3) is 11.6 Å². The lowest BCUT2D eigenvalue weighted by Gasteiger charge is -2.07. The Bertz CT molecular complexity index is 586. The smallest absolute Gasteiger partial charge is 0.306 e. The number of benzene rings is 1. The zero-order valence-corrected chi connectivity index (χ0v) is 12.6. The molecule has 2 rings (SSSR count). The molecule has 0 bridgehead atoms. The number of nitrogens with zero attached hydrogens (tertiary/aromatic N) is 1. The van der Waals surface area contributed by atoms with Gasteiger partial charge in [-0.2, -0.15) is 0 Å². The number of para-hydroxylation sites is 2. The number of nitro groups is 1. The quantitative estimate of drug-likeness (QED) is 0.309. The van der Waals surface area contributed by atoms with E-state index in [1.54, 1.807) is 18.2 Å². The second-order valence-electron chi connectivity index (χ2n) is 5.31. The molecule has 0 spiro atoms. The summed E-state index contributed by atoms with van der Waals surface area (Å²) < 4.78 is 4.86. The van der Waals surface area contributed by atoms with Gasteiger partial charge in [0.1, 0.15) is 5.69 Å². The fourth-order valence-electron chi connectivity index (χ4n) is 1.95. The first-order valence-corrected chi connectivity index (χ1v) is 7.48. The van der Waals surface area contributed by atoms with Crippen molar-refractivity contribution in [3.63, 3.8) is 0 Å². The van der Waals surface area contributed by atoms with Crippen molar-refractivity contribution < 1.29 is 19.2 Å². The van der Waals surface area contributed by atoms with E-state index < -0.39 is 10.9 Å². The maximum absolute atomic E-state index is 11.5. The topological polar surface area (TPSA) is 111 Å². The largest absolute Gasteiger partial charge is 0.456 e. The molecule has 124 valence electrons. The van der Waals surface area contributed by atoms with E-state index in [4.69, 9.17) is 4.74 Å². The number of nitro benzene ring substituents is 1. The van der Waals surface area contributed by atoms with E-state index in [1.165, 1.54) is 6.07 Å². The molecule has 0 radical (unpaired) electrons. The van der Waals surface area contributed by atoms with E-state index in [-0.39, 0.29) is 30.7 Å². The summed E-state index contributed by atoms with van der Waals surface area (Å²) in [5, 5.41) is 16.5. The van der Waals surface area contributed by atoms with Gasteiger partial charge in [0, 0.05) is 25.1 Å². The van der Waals surface area contributed by atoms with Gasteiger partial charge in [0.15, 0.2) is 6.61 Å². The average molecular weight is 321 g/mol. The number of ether oxygens (including phenoxy) is 1. The molecular weight excluding hydrogens is 302 g/mol. The van der Waals surface area contributed by atoms with Crippen LogP contribution in [0.2, 0.25) is 0 Å². The van der Waals surface area contributed by atoms with Gasteiger partial charge in [-0.25, -0.2) is 0 Å². The maximum atomic E-state index is 11.5. The monoisotopic (exact) mass is 321 g/mol. The van der Waals surface area contributed by atoms with Gasteiger partial charge in [0.2, 0.25) is 0 Å². The minimum Gasteiger partial charge on any atom is -0.456 e. The molecule has 0 atom stereocenters. The zero-order chi connectivity index (χ0) is 16.7. The Balaban J connectivity index is 1.62. The predicted molar refractivity (Wildman–Crippen MR) is 82.9 cm³/mol. The van der Waals surface area contributed by atoms with Gasteiger partial charge in [-0.05, 0) is 25.3 Å². The van der Waals surface area contributed by atoms with E-state index >= 15 is 0 Å². The Morgan fingerprint density at radius 1 is 1.30 bits per heavy atom. The van der Waals surface area contributed by atoms with Crippen molar-refractivity contribution in [2.75, 3.05) is 18.5 Å². The summed E-state index contributed by atoms with van der Waals surface area (Å²) in [6, 6.07) is 6.55. The number of nitrogens with one attached hydrogen (secondary N) is 2. The molecule has 0 aliphatic heterocycles. The predicted octanol–water partition coefficient (Wildman–Crippen LogP) is 1.61. The van der Waals surface area contributed by atoms with E-state index in [9.17, 15) is 19.7 Å². The summed E-state index contributed by atoms with van der Waals surface area (Å²) in [6.45, 7) is 0.140. The van der Waals surface area contributed by atoms with Crippen LogP contribution in [0, 0.1) is 10.1 Å². The van der Waals surface area contributed by atoms with E-state index in [0.29, 0.717) is 18.7 Å². The Morgan fingerprint density at radius 3 is 2.74 bits per heavy atom. The molecule has 1 amide bonds. The number of hydrogen-bond acceptors (Lipinski definition) is 6. The van der Waals surface area contributed by atoms with Crippen LogP contribution in [0.3, 0.4) is 0 Å². The molecule has 1 aliphatic rings. The fourth-order valence-corrected chi connectivity index (χ4v) is 1.95. The van der Waals surface area contributed by atoms with Crippen LogP contribution in [0.1, 0.15) is 25.7 Å². The second-order valence-corrected chi connectivity index (χ2v) is 5.31. The number of hydrogen-bond donors (Lipinski definition) is 2. The van der Waals surface area contributed by atoms with E-state index in [0.717, 1.165) is 12.8 Å². The van der Waals surface area contributed by atoms with Crippen LogP contribution in [-0.4, -0.2) is 36.0 Å². The third-order valence-electron chi connectivity index (χ3n) is 3.28. The summed E-state index contributed by atoms with van der Waals surface area (Å²) in [6.07, 6.45) is 2.56. The van der Waals surface area contributed by atoms with Crippen LogP contribution in [-0.2, 0) is 14.3 Å². The van der Waals surface area contributed by atoms with Crippen molar-refractivity contribution >= 4 is 23.3 Å². The average Bonchev–Trinajstić information content (AvgIpc) is 3.33. The van der Waals surface area contributed by atoms with Gasteiger partial charge in [-0.15, -0.1) is 0 Å². The van der Waals surface area contributed by atoms with E-state index in [2.05, 4.69) is 10.6 Å². The van der Waals surface area contributed by atoms with Crippen LogP contribution < -0.4 is 10.6 Å². The molecule has 1 aromatic rings. The lowest BCUT2D eigenvalue weighted by molar-refractivity contribution is -0.384. The summed E-state index contributed by atoms with van der Waals surface area (Å²) in [4.78, 5) is 33.2. The summed E-state index contributed by atoms with van der Waals surface area (Å²) >= 11 is 0. The van der Waals surface area contributed by atoms with Crippen LogP contribution in [0.25, 0.3) is 0 Å². The molecule has 8 nitrogen and oxygen atoms in total. The Morgan fingerprint density at radius 2 is 2.04 bits per heavy atom. The minimum absolute atomic E-state index is 0.00757. The number of amides is 1. The van der Waals surface area contributed by atoms with Crippen molar-refractivity contribution in [1.29, 1.82) is 0 Å². The first-order valence-electron chi connectivity index (χ1n) is 7.48. The van der Waals surface area contributed by atoms with Crippen LogP contribution in [0.15, 0.2) is 24.3 Å². The highest BCUT2D eigenvalue weighted by Crippen LogP contribution is 2.23. The van der Waals surface area contributed by atoms with Gasteiger partial charge < -0.3 is 15.4 Å². The van der Waals surface area contributed by atoms with Crippen LogP contribution >= 0.6 is 0 Å². The SMILES string of the molecule is O=C(COC(=O)CCCNc1ccccc1[N+](=O)[O-])NC1CC1. The van der Waals surface area contributed by atoms with Gasteiger partial charge in [-0.3, -0.25) is 19.7 Å². The molecule has 0 unspecified atom stereocenters. The van der Waals surface area contributed by atoms with Crippen LogP contribution in [0.5, 0.6) is 0 Å². The highest BCUT2D eigenvalue weighted by Gasteiger charge is 2.23. The molecule has 0 saturated heterocycles. The molecule has 1 saturated carbocycles. The van der Waals surface area contributed by atoms with Crippen molar-refractivity contribution in [2.45, 2.75) is 31.7 Å². The Hall–Kier alpha value is -2.64. The third-order valence-corrected chi connectivity index (χ3v) is 3.28. The number of carbonyl (C=O) groups excluding carboxylic acids is 2. The number of carbonyl (C=O) groups is 2. The third kappa shape index (κ3) is 5.93. The summed E-state index contributed by atoms with van der Waals surface area (Å²) in [5.41, 5.74) is 0.404. The van der Waals surface area contributed by atoms with Gasteiger partial charge in [0.05, 0.1) is 4.92 Å². The normalized spacial score (nSPS) is 13.2. The molecule has 1 fully saturated rings. The zero-order valence-electron chi connectivity index (χ0n) is 12.6. The van der Waals surface area contributed by atoms with Gasteiger partial charge >= 0.3 is 5.97 Å². The van der Waals surface area contributed by atoms with Crippen molar-refractivity contribution in [3.05, 3.63) is 34.4 Å². The molecule has 1 aromatic carbocycles. The van der Waals surface area contributed by atoms with E-state index in [1.807, 2.05) is 0 Å². The van der Waals surface area contributed by atoms with Gasteiger partial charge in [-0.1, -0.05) is 12.1 Å². The first-order chi connectivity index (χ1) is 11.1. The Labute approximate surface area is 133 Å². The highest BCUT2D eigenvalue weighted by molar-refractivity contribution is 5.80. The number of rotatable bonds is 9. The van der Waals surface area contributed by atoms with Crippen LogP contribution in [0.4, 0.5) is 11.4 Å². The number of anilines is 1. The van der Waals surface area contributed by atoms with Crippen molar-refractivity contribution in [3.8, 4) is 0 Å². The standard InChI is InChI=1S/C15H19N3O5/c19-14(17-11-7-8-11)10-23-15(20)6-3-9-16-12-4-1-2-5-13(12)18(21)22/h1-2,4-5,11,16H,3,6-10H2,(H,17,19). The molecule has 2 N–H and O–H groups in total. The number of esters is 1. The molecule has 23 heavy (non-hydrogen) atoms. The van der Waals surface area contributed by atoms with Crippen molar-refractivity contribution in [1.82, 2.24) is 5.32 Å². The van der Waals surface area contributed by atoms with Crippen molar-refractivity contribution in [2.24, 2.45) is 0 Å². The summed E-state index contributed by atoms with van der Waals surface area (Å²) in [5.74, 6) is -0.737. The lowest BCUT2D eigenvalue weighted by Crippen LogP contribution is -2.30. The molecule has 1 aliphatic carbocycles. The fraction of sp³-hybridized carbons (Fsp3) is 0.467. The molecular formula is C15H19N3O5. The molecule has 8 heteroatoms. The summed E-state index contributed by atoms with van der Waals surface area (Å²) in [7, 11) is 0. The maximum Gasteiger partial charge on any atom is 0.306 e.